The van der Waals surface area contributed by atoms with Gasteiger partial charge in [-0.3, -0.25) is 19.1 Å². The van der Waals surface area contributed by atoms with E-state index in [1.807, 2.05) is 6.92 Å². The maximum absolute atomic E-state index is 12.7. The van der Waals surface area contributed by atoms with E-state index < -0.39 is 23.2 Å². The summed E-state index contributed by atoms with van der Waals surface area (Å²) in [7, 11) is 3.06. The average molecular weight is 444 g/mol. The Hall–Kier alpha value is -3.56. The molecule has 3 rings (SSSR count). The Bertz CT molecular complexity index is 1150. The quantitative estimate of drug-likeness (QED) is 0.642. The van der Waals surface area contributed by atoms with Crippen molar-refractivity contribution in [1.82, 2.24) is 14.6 Å². The summed E-state index contributed by atoms with van der Waals surface area (Å²) in [5.74, 6) is 0.400. The number of nitrogens with zero attached hydrogens (tertiary/aromatic N) is 3. The Labute approximate surface area is 185 Å². The normalized spacial score (nSPS) is 15.6. The van der Waals surface area contributed by atoms with Gasteiger partial charge in [0.1, 0.15) is 17.1 Å². The van der Waals surface area contributed by atoms with Crippen molar-refractivity contribution in [2.45, 2.75) is 52.1 Å². The van der Waals surface area contributed by atoms with Gasteiger partial charge in [0, 0.05) is 24.9 Å². The van der Waals surface area contributed by atoms with Crippen molar-refractivity contribution in [2.24, 2.45) is 5.10 Å². The minimum absolute atomic E-state index is 0.112. The van der Waals surface area contributed by atoms with E-state index in [1.54, 1.807) is 25.1 Å². The molecule has 0 fully saturated rings. The number of carbonyl (C=O) groups excluding carboxylic acids is 1. The third-order valence-electron chi connectivity index (χ3n) is 5.46. The fourth-order valence-electron chi connectivity index (χ4n) is 3.74. The number of nitrogens with one attached hydrogen (secondary N) is 1. The molecule has 1 atom stereocenters. The molecule has 1 amide bonds. The van der Waals surface area contributed by atoms with Crippen LogP contribution in [0.5, 0.6) is 17.4 Å². The van der Waals surface area contributed by atoms with Crippen LogP contribution in [0.2, 0.25) is 0 Å². The molecule has 10 nitrogen and oxygen atoms in total. The lowest BCUT2D eigenvalue weighted by molar-refractivity contribution is -0.132. The molecule has 1 aromatic carbocycles. The molecule has 0 radical (unpaired) electrons. The van der Waals surface area contributed by atoms with E-state index in [0.29, 0.717) is 23.5 Å². The molecule has 32 heavy (non-hydrogen) atoms. The first-order valence-electron chi connectivity index (χ1n) is 10.5. The molecule has 1 aliphatic rings. The van der Waals surface area contributed by atoms with Crippen molar-refractivity contribution in [1.29, 1.82) is 0 Å². The predicted molar refractivity (Wildman–Crippen MR) is 118 cm³/mol. The van der Waals surface area contributed by atoms with E-state index in [1.165, 1.54) is 19.2 Å². The van der Waals surface area contributed by atoms with Crippen molar-refractivity contribution in [2.75, 3.05) is 14.2 Å². The Kier molecular flexibility index (Phi) is 7.01. The summed E-state index contributed by atoms with van der Waals surface area (Å²) >= 11 is 0. The van der Waals surface area contributed by atoms with E-state index in [0.717, 1.165) is 11.0 Å². The van der Waals surface area contributed by atoms with Gasteiger partial charge in [0.25, 0.3) is 5.56 Å². The van der Waals surface area contributed by atoms with E-state index in [-0.39, 0.29) is 36.6 Å². The van der Waals surface area contributed by atoms with Crippen LogP contribution in [0.4, 0.5) is 0 Å². The molecule has 0 bridgehead atoms. The summed E-state index contributed by atoms with van der Waals surface area (Å²) in [5.41, 5.74) is -0.677. The van der Waals surface area contributed by atoms with E-state index >= 15 is 0 Å². The lowest BCUT2D eigenvalue weighted by atomic mass is 9.98. The number of hydrogen-bond donors (Lipinski definition) is 2. The van der Waals surface area contributed by atoms with E-state index in [9.17, 15) is 19.5 Å². The second-order valence-corrected chi connectivity index (χ2v) is 7.43. The average Bonchev–Trinajstić information content (AvgIpc) is 3.22. The highest BCUT2D eigenvalue weighted by atomic mass is 16.5. The van der Waals surface area contributed by atoms with Gasteiger partial charge < -0.3 is 14.6 Å². The second-order valence-electron chi connectivity index (χ2n) is 7.43. The van der Waals surface area contributed by atoms with Crippen molar-refractivity contribution in [3.8, 4) is 17.4 Å². The van der Waals surface area contributed by atoms with Crippen molar-refractivity contribution in [3.05, 3.63) is 50.2 Å². The Balaban J connectivity index is 2.13. The van der Waals surface area contributed by atoms with Crippen LogP contribution in [0.15, 0.2) is 32.9 Å². The minimum atomic E-state index is -0.749. The number of rotatable bonds is 8. The molecule has 1 aromatic heterocycles. The number of hydrogen-bond acceptors (Lipinski definition) is 7. The monoisotopic (exact) mass is 444 g/mol. The molecule has 2 N–H and O–H groups in total. The maximum Gasteiger partial charge on any atom is 0.331 e. The number of aromatic hydroxyl groups is 1. The molecule has 1 aliphatic heterocycles. The summed E-state index contributed by atoms with van der Waals surface area (Å²) in [5, 5.41) is 16.5. The van der Waals surface area contributed by atoms with Gasteiger partial charge in [-0.1, -0.05) is 20.3 Å². The highest BCUT2D eigenvalue weighted by Crippen LogP contribution is 2.39. The lowest BCUT2D eigenvalue weighted by Crippen LogP contribution is -2.33. The lowest BCUT2D eigenvalue weighted by Gasteiger charge is -2.23. The maximum atomic E-state index is 12.7. The van der Waals surface area contributed by atoms with Crippen LogP contribution in [0.25, 0.3) is 0 Å². The smallest absolute Gasteiger partial charge is 0.331 e. The van der Waals surface area contributed by atoms with Crippen LogP contribution < -0.4 is 20.7 Å². The number of unbranched alkanes of at least 4 members (excludes halogenated alkanes) is 1. The van der Waals surface area contributed by atoms with Crippen LogP contribution in [-0.4, -0.2) is 45.5 Å². The third-order valence-corrected chi connectivity index (χ3v) is 5.46. The van der Waals surface area contributed by atoms with Crippen molar-refractivity contribution >= 4 is 11.6 Å². The van der Waals surface area contributed by atoms with Crippen LogP contribution in [0, 0.1) is 0 Å². The fourth-order valence-corrected chi connectivity index (χ4v) is 3.74. The van der Waals surface area contributed by atoms with Gasteiger partial charge in [-0.2, -0.15) is 5.10 Å². The minimum Gasteiger partial charge on any atom is -0.497 e. The zero-order chi connectivity index (χ0) is 23.4. The SMILES string of the molecule is CCCCn1c(O)c(C2=NN(C(=O)CC)C(c3cc(OC)ccc3OC)C2)c(=O)[nH]c1=O. The largest absolute Gasteiger partial charge is 0.497 e. The second kappa shape index (κ2) is 9.71. The Morgan fingerprint density at radius 1 is 1.25 bits per heavy atom. The summed E-state index contributed by atoms with van der Waals surface area (Å²) in [6, 6.07) is 4.66. The van der Waals surface area contributed by atoms with Gasteiger partial charge in [0.05, 0.1) is 26.0 Å². The molecule has 10 heteroatoms. The van der Waals surface area contributed by atoms with Gasteiger partial charge >= 0.3 is 5.69 Å². The number of hydrazone groups is 1. The Morgan fingerprint density at radius 3 is 2.62 bits per heavy atom. The highest BCUT2D eigenvalue weighted by molar-refractivity contribution is 6.04. The van der Waals surface area contributed by atoms with Gasteiger partial charge in [0.15, 0.2) is 0 Å². The van der Waals surface area contributed by atoms with Crippen LogP contribution in [0.3, 0.4) is 0 Å². The van der Waals surface area contributed by atoms with Crippen LogP contribution in [-0.2, 0) is 11.3 Å². The topological polar surface area (TPSA) is 126 Å². The zero-order valence-corrected chi connectivity index (χ0v) is 18.7. The first kappa shape index (κ1) is 23.1. The predicted octanol–water partition coefficient (Wildman–Crippen LogP) is 2.15. The summed E-state index contributed by atoms with van der Waals surface area (Å²) in [4.78, 5) is 39.8. The van der Waals surface area contributed by atoms with Gasteiger partial charge in [0.2, 0.25) is 11.8 Å². The zero-order valence-electron chi connectivity index (χ0n) is 18.7. The summed E-state index contributed by atoms with van der Waals surface area (Å²) in [6.45, 7) is 3.92. The van der Waals surface area contributed by atoms with Gasteiger partial charge in [-0.25, -0.2) is 9.80 Å². The molecule has 0 spiro atoms. The molecular weight excluding hydrogens is 416 g/mol. The molecule has 2 aromatic rings. The van der Waals surface area contributed by atoms with Crippen LogP contribution >= 0.6 is 0 Å². The number of H-pyrrole nitrogens is 1. The molecule has 0 aliphatic carbocycles. The number of aromatic nitrogens is 2. The molecule has 172 valence electrons. The fraction of sp³-hybridized carbons (Fsp3) is 0.455. The Morgan fingerprint density at radius 2 is 2.00 bits per heavy atom. The van der Waals surface area contributed by atoms with Gasteiger partial charge in [-0.15, -0.1) is 0 Å². The number of methoxy groups -OCH3 is 2. The summed E-state index contributed by atoms with van der Waals surface area (Å²) in [6.07, 6.45) is 1.79. The third kappa shape index (κ3) is 4.25. The number of benzene rings is 1. The first-order chi connectivity index (χ1) is 15.4. The first-order valence-corrected chi connectivity index (χ1v) is 10.5. The molecule has 2 heterocycles. The molecule has 0 saturated carbocycles. The number of ether oxygens (including phenoxy) is 2. The molecule has 0 saturated heterocycles. The highest BCUT2D eigenvalue weighted by Gasteiger charge is 2.36. The van der Waals surface area contributed by atoms with Gasteiger partial charge in [-0.05, 0) is 24.6 Å². The number of carbonyl (C=O) groups is 1. The number of amides is 1. The van der Waals surface area contributed by atoms with Crippen molar-refractivity contribution < 1.29 is 19.4 Å². The standard InChI is InChI=1S/C22H28N4O6/c1-5-7-10-25-21(29)19(20(28)23-22(25)30)15-12-16(26(24-15)18(27)6-2)14-11-13(31-3)8-9-17(14)32-4/h8-9,11,16,29H,5-7,10,12H2,1-4H3,(H,23,28,30). The van der Waals surface area contributed by atoms with Crippen LogP contribution in [0.1, 0.15) is 56.7 Å². The summed E-state index contributed by atoms with van der Waals surface area (Å²) < 4.78 is 11.9. The van der Waals surface area contributed by atoms with E-state index in [4.69, 9.17) is 9.47 Å². The van der Waals surface area contributed by atoms with E-state index in [2.05, 4.69) is 10.1 Å². The number of aromatic amines is 1. The molecule has 1 unspecified atom stereocenters. The molecular formula is C22H28N4O6. The van der Waals surface area contributed by atoms with Crippen molar-refractivity contribution in [3.63, 3.8) is 0 Å².